The van der Waals surface area contributed by atoms with Crippen molar-refractivity contribution in [2.24, 2.45) is 0 Å². The quantitative estimate of drug-likeness (QED) is 0.662. The number of aromatic carboxylic acids is 1. The minimum absolute atomic E-state index is 0.273. The Hall–Kier alpha value is -1.10. The smallest absolute Gasteiger partial charge is 0.339 e. The summed E-state index contributed by atoms with van der Waals surface area (Å²) in [5, 5.41) is 9.84. The molecule has 1 aromatic heterocycles. The number of nitrogens with zero attached hydrogens (tertiary/aromatic N) is 2. The molecule has 92 valence electrons. The molecular weight excluding hydrogens is 236 g/mol. The van der Waals surface area contributed by atoms with Crippen molar-refractivity contribution >= 4 is 17.7 Å². The number of rotatable bonds is 3. The Morgan fingerprint density at radius 3 is 2.71 bits per heavy atom. The van der Waals surface area contributed by atoms with Crippen LogP contribution in [0.25, 0.3) is 0 Å². The Labute approximate surface area is 105 Å². The first kappa shape index (κ1) is 12.4. The fraction of sp³-hybridized carbons (Fsp3) is 0.583. The molecule has 0 unspecified atom stereocenters. The van der Waals surface area contributed by atoms with Crippen LogP contribution in [0.1, 0.15) is 54.1 Å². The highest BCUT2D eigenvalue weighted by molar-refractivity contribution is 7.98. The minimum Gasteiger partial charge on any atom is -0.478 e. The Bertz CT molecular complexity index is 417. The van der Waals surface area contributed by atoms with E-state index in [1.807, 2.05) is 6.26 Å². The van der Waals surface area contributed by atoms with E-state index in [-0.39, 0.29) is 5.56 Å². The Morgan fingerprint density at radius 1 is 1.41 bits per heavy atom. The summed E-state index contributed by atoms with van der Waals surface area (Å²) in [6.07, 6.45) is 9.03. The highest BCUT2D eigenvalue weighted by atomic mass is 32.2. The summed E-state index contributed by atoms with van der Waals surface area (Å²) < 4.78 is 0. The number of carboxylic acids is 1. The van der Waals surface area contributed by atoms with Gasteiger partial charge < -0.3 is 5.11 Å². The number of carboxylic acid groups (broad SMARTS) is 1. The van der Waals surface area contributed by atoms with Crippen molar-refractivity contribution in [3.63, 3.8) is 0 Å². The summed E-state index contributed by atoms with van der Waals surface area (Å²) >= 11 is 1.45. The lowest BCUT2D eigenvalue weighted by molar-refractivity contribution is 0.0693. The molecule has 17 heavy (non-hydrogen) atoms. The van der Waals surface area contributed by atoms with Crippen LogP contribution in [0, 0.1) is 0 Å². The second-order valence-electron chi connectivity index (χ2n) is 4.30. The van der Waals surface area contributed by atoms with Crippen molar-refractivity contribution in [2.45, 2.75) is 43.2 Å². The lowest BCUT2D eigenvalue weighted by Gasteiger charge is -2.22. The molecule has 0 aromatic carbocycles. The molecule has 1 aliphatic rings. The molecule has 5 heteroatoms. The molecule has 0 aliphatic heterocycles. The predicted molar refractivity (Wildman–Crippen MR) is 66.6 cm³/mol. The molecule has 1 saturated carbocycles. The lowest BCUT2D eigenvalue weighted by atomic mass is 9.85. The molecule has 0 atom stereocenters. The van der Waals surface area contributed by atoms with Gasteiger partial charge in [0.05, 0.1) is 11.3 Å². The largest absolute Gasteiger partial charge is 0.478 e. The zero-order chi connectivity index (χ0) is 12.3. The SMILES string of the molecule is CSc1ncc(C(=O)O)c(C2CCCCC2)n1. The second-order valence-corrected chi connectivity index (χ2v) is 5.07. The van der Waals surface area contributed by atoms with E-state index in [2.05, 4.69) is 9.97 Å². The fourth-order valence-electron chi connectivity index (χ4n) is 2.33. The van der Waals surface area contributed by atoms with E-state index >= 15 is 0 Å². The molecule has 0 radical (unpaired) electrons. The maximum absolute atomic E-state index is 11.2. The summed E-state index contributed by atoms with van der Waals surface area (Å²) in [5.74, 6) is -0.623. The Kier molecular flexibility index (Phi) is 3.99. The van der Waals surface area contributed by atoms with Crippen LogP contribution in [-0.2, 0) is 0 Å². The van der Waals surface area contributed by atoms with Crippen LogP contribution in [0.3, 0.4) is 0 Å². The van der Waals surface area contributed by atoms with Crippen molar-refractivity contribution in [1.29, 1.82) is 0 Å². The van der Waals surface area contributed by atoms with Gasteiger partial charge in [0.2, 0.25) is 0 Å². The molecule has 1 aliphatic carbocycles. The zero-order valence-corrected chi connectivity index (χ0v) is 10.7. The van der Waals surface area contributed by atoms with Crippen LogP contribution in [-0.4, -0.2) is 27.3 Å². The van der Waals surface area contributed by atoms with Crippen LogP contribution in [0.15, 0.2) is 11.4 Å². The molecule has 0 amide bonds. The molecule has 2 rings (SSSR count). The van der Waals surface area contributed by atoms with E-state index in [9.17, 15) is 9.90 Å². The van der Waals surface area contributed by atoms with E-state index < -0.39 is 5.97 Å². The van der Waals surface area contributed by atoms with Crippen molar-refractivity contribution < 1.29 is 9.90 Å². The first-order valence-electron chi connectivity index (χ1n) is 5.86. The average Bonchev–Trinajstić information content (AvgIpc) is 2.39. The standard InChI is InChI=1S/C12H16N2O2S/c1-17-12-13-7-9(11(15)16)10(14-12)8-5-3-2-4-6-8/h7-8H,2-6H2,1H3,(H,15,16). The van der Waals surface area contributed by atoms with Gasteiger partial charge in [-0.05, 0) is 19.1 Å². The van der Waals surface area contributed by atoms with Gasteiger partial charge in [-0.2, -0.15) is 0 Å². The molecule has 4 nitrogen and oxygen atoms in total. The summed E-state index contributed by atoms with van der Waals surface area (Å²) in [7, 11) is 0. The number of hydrogen-bond acceptors (Lipinski definition) is 4. The number of thioether (sulfide) groups is 1. The van der Waals surface area contributed by atoms with Gasteiger partial charge in [-0.3, -0.25) is 0 Å². The number of aromatic nitrogens is 2. The first-order valence-corrected chi connectivity index (χ1v) is 7.09. The zero-order valence-electron chi connectivity index (χ0n) is 9.85. The van der Waals surface area contributed by atoms with E-state index in [1.165, 1.54) is 37.2 Å². The molecule has 1 aromatic rings. The molecule has 0 spiro atoms. The van der Waals surface area contributed by atoms with Crippen LogP contribution < -0.4 is 0 Å². The maximum atomic E-state index is 11.2. The summed E-state index contributed by atoms with van der Waals surface area (Å²) in [6, 6.07) is 0. The van der Waals surface area contributed by atoms with Gasteiger partial charge in [0.1, 0.15) is 0 Å². The van der Waals surface area contributed by atoms with Gasteiger partial charge >= 0.3 is 5.97 Å². The number of hydrogen-bond donors (Lipinski definition) is 1. The molecular formula is C12H16N2O2S. The second kappa shape index (κ2) is 5.49. The third-order valence-electron chi connectivity index (χ3n) is 3.20. The summed E-state index contributed by atoms with van der Waals surface area (Å²) in [4.78, 5) is 19.6. The monoisotopic (exact) mass is 252 g/mol. The molecule has 1 N–H and O–H groups in total. The van der Waals surface area contributed by atoms with Crippen molar-refractivity contribution in [3.05, 3.63) is 17.5 Å². The van der Waals surface area contributed by atoms with Crippen LogP contribution in [0.2, 0.25) is 0 Å². The topological polar surface area (TPSA) is 63.1 Å². The highest BCUT2D eigenvalue weighted by Gasteiger charge is 2.23. The summed E-state index contributed by atoms with van der Waals surface area (Å²) in [6.45, 7) is 0. The normalized spacial score (nSPS) is 17.0. The molecule has 0 bridgehead atoms. The Morgan fingerprint density at radius 2 is 2.12 bits per heavy atom. The van der Waals surface area contributed by atoms with E-state index in [1.54, 1.807) is 0 Å². The van der Waals surface area contributed by atoms with Gasteiger partial charge in [0, 0.05) is 12.1 Å². The van der Waals surface area contributed by atoms with Gasteiger partial charge in [-0.15, -0.1) is 0 Å². The molecule has 1 heterocycles. The minimum atomic E-state index is -0.918. The van der Waals surface area contributed by atoms with E-state index in [4.69, 9.17) is 0 Å². The van der Waals surface area contributed by atoms with E-state index in [0.29, 0.717) is 11.1 Å². The predicted octanol–water partition coefficient (Wildman–Crippen LogP) is 2.94. The average molecular weight is 252 g/mol. The Balaban J connectivity index is 2.36. The van der Waals surface area contributed by atoms with Crippen molar-refractivity contribution in [2.75, 3.05) is 6.26 Å². The van der Waals surface area contributed by atoms with Crippen LogP contribution in [0.5, 0.6) is 0 Å². The third kappa shape index (κ3) is 2.77. The van der Waals surface area contributed by atoms with Gasteiger partial charge in [0.25, 0.3) is 0 Å². The van der Waals surface area contributed by atoms with Gasteiger partial charge in [-0.25, -0.2) is 14.8 Å². The third-order valence-corrected chi connectivity index (χ3v) is 3.76. The van der Waals surface area contributed by atoms with E-state index in [0.717, 1.165) is 18.5 Å². The number of carbonyl (C=O) groups is 1. The molecule has 1 fully saturated rings. The van der Waals surface area contributed by atoms with Crippen molar-refractivity contribution in [3.8, 4) is 0 Å². The van der Waals surface area contributed by atoms with Gasteiger partial charge in [0.15, 0.2) is 5.16 Å². The van der Waals surface area contributed by atoms with Gasteiger partial charge in [-0.1, -0.05) is 31.0 Å². The van der Waals surface area contributed by atoms with Crippen LogP contribution >= 0.6 is 11.8 Å². The maximum Gasteiger partial charge on any atom is 0.339 e. The van der Waals surface area contributed by atoms with Crippen molar-refractivity contribution in [1.82, 2.24) is 9.97 Å². The van der Waals surface area contributed by atoms with Crippen LogP contribution in [0.4, 0.5) is 0 Å². The lowest BCUT2D eigenvalue weighted by Crippen LogP contribution is -2.14. The fourth-order valence-corrected chi connectivity index (χ4v) is 2.68. The summed E-state index contributed by atoms with van der Waals surface area (Å²) in [5.41, 5.74) is 1.01. The highest BCUT2D eigenvalue weighted by Crippen LogP contribution is 2.33. The first-order chi connectivity index (χ1) is 8.22. The molecule has 0 saturated heterocycles.